The van der Waals surface area contributed by atoms with Crippen LogP contribution in [0.4, 0.5) is 11.4 Å². The number of amides is 2. The number of hydrogen-bond donors (Lipinski definition) is 4. The molecule has 0 bridgehead atoms. The van der Waals surface area contributed by atoms with Gasteiger partial charge >= 0.3 is 11.9 Å². The zero-order valence-electron chi connectivity index (χ0n) is 37.2. The van der Waals surface area contributed by atoms with E-state index in [0.29, 0.717) is 59.6 Å². The van der Waals surface area contributed by atoms with Gasteiger partial charge in [0.2, 0.25) is 11.8 Å². The molecule has 67 heavy (non-hydrogen) atoms. The summed E-state index contributed by atoms with van der Waals surface area (Å²) in [6.07, 6.45) is 2.62. The van der Waals surface area contributed by atoms with Gasteiger partial charge in [-0.25, -0.2) is 9.59 Å². The van der Waals surface area contributed by atoms with Crippen molar-refractivity contribution in [2.45, 2.75) is 69.4 Å². The standard InChI is InChI=1S/C55H54N6O6/c62-52(48-31-17-33-60(48)36-38-19-5-1-6-20-38)58-44-29-15-13-27-42(44)50(40-23-9-3-10-24-40)56-46(54(64)65)35-47(55(66)67)57-51(41-25-11-4-12-26-41)43-28-14-16-30-45(43)59-53(63)49-32-18-34-61(49)37-39-21-7-2-8-22-39/h1-16,19-30,46-49H,17-18,31-37H2,(H,58,62)(H,59,63)(H,64,65)(H,66,67)/t46?,47?,48-,49-/m0/s1. The molecule has 12 nitrogen and oxygen atoms in total. The maximum Gasteiger partial charge on any atom is 0.328 e. The second-order valence-corrected chi connectivity index (χ2v) is 16.9. The van der Waals surface area contributed by atoms with Gasteiger partial charge in [0, 0.05) is 41.8 Å². The SMILES string of the molecule is O=C(O)C(CC(N=C(c1ccccc1)c1ccccc1NC(=O)[C@@H]1CCCN1Cc1ccccc1)C(=O)O)N=C(c1ccccc1)c1ccccc1NC(=O)[C@@H]1CCCN1Cc1ccccc1. The lowest BCUT2D eigenvalue weighted by Crippen LogP contribution is -2.39. The Morgan fingerprint density at radius 3 is 1.21 bits per heavy atom. The Morgan fingerprint density at radius 2 is 0.836 bits per heavy atom. The number of carboxylic acid groups (broad SMARTS) is 2. The number of carboxylic acids is 2. The highest BCUT2D eigenvalue weighted by Gasteiger charge is 2.34. The maximum atomic E-state index is 14.1. The molecule has 8 rings (SSSR count). The number of benzene rings is 6. The fourth-order valence-electron chi connectivity index (χ4n) is 9.02. The van der Waals surface area contributed by atoms with Crippen LogP contribution in [0.25, 0.3) is 0 Å². The van der Waals surface area contributed by atoms with Gasteiger partial charge in [0.05, 0.1) is 34.9 Å². The summed E-state index contributed by atoms with van der Waals surface area (Å²) in [5, 5.41) is 27.9. The lowest BCUT2D eigenvalue weighted by Gasteiger charge is -2.25. The molecule has 0 radical (unpaired) electrons. The number of para-hydroxylation sites is 2. The summed E-state index contributed by atoms with van der Waals surface area (Å²) in [4.78, 5) is 68.6. The van der Waals surface area contributed by atoms with E-state index in [9.17, 15) is 29.4 Å². The molecule has 2 aliphatic heterocycles. The zero-order chi connectivity index (χ0) is 46.5. The summed E-state index contributed by atoms with van der Waals surface area (Å²) in [6, 6.07) is 48.5. The highest BCUT2D eigenvalue weighted by molar-refractivity contribution is 6.19. The molecule has 2 unspecified atom stereocenters. The molecule has 4 N–H and O–H groups in total. The van der Waals surface area contributed by atoms with Crippen molar-refractivity contribution in [3.05, 3.63) is 203 Å². The Bertz CT molecular complexity index is 2530. The van der Waals surface area contributed by atoms with E-state index >= 15 is 0 Å². The molecule has 0 saturated carbocycles. The monoisotopic (exact) mass is 894 g/mol. The minimum Gasteiger partial charge on any atom is -0.480 e. The van der Waals surface area contributed by atoms with E-state index in [1.54, 1.807) is 72.8 Å². The van der Waals surface area contributed by atoms with Gasteiger partial charge < -0.3 is 20.8 Å². The van der Waals surface area contributed by atoms with E-state index in [2.05, 4.69) is 20.4 Å². The van der Waals surface area contributed by atoms with Crippen molar-refractivity contribution in [2.75, 3.05) is 23.7 Å². The third-order valence-corrected chi connectivity index (χ3v) is 12.4. The number of rotatable bonds is 18. The predicted octanol–water partition coefficient (Wildman–Crippen LogP) is 8.56. The molecule has 0 aromatic heterocycles. The summed E-state index contributed by atoms with van der Waals surface area (Å²) < 4.78 is 0. The number of anilines is 2. The second kappa shape index (κ2) is 22.1. The van der Waals surface area contributed by atoms with Gasteiger partial charge in [0.15, 0.2) is 12.1 Å². The quantitative estimate of drug-likeness (QED) is 0.0624. The van der Waals surface area contributed by atoms with Crippen LogP contribution in [0.2, 0.25) is 0 Å². The number of carbonyl (C=O) groups is 4. The second-order valence-electron chi connectivity index (χ2n) is 16.9. The molecular formula is C55H54N6O6. The van der Waals surface area contributed by atoms with E-state index < -0.39 is 30.4 Å². The van der Waals surface area contributed by atoms with Gasteiger partial charge in [-0.1, -0.05) is 158 Å². The van der Waals surface area contributed by atoms with E-state index in [0.717, 1.165) is 37.1 Å². The lowest BCUT2D eigenvalue weighted by atomic mass is 9.98. The largest absolute Gasteiger partial charge is 0.480 e. The Hall–Kier alpha value is -7.54. The van der Waals surface area contributed by atoms with Gasteiger partial charge in [-0.15, -0.1) is 0 Å². The fourth-order valence-corrected chi connectivity index (χ4v) is 9.02. The van der Waals surface area contributed by atoms with Gasteiger partial charge in [0.1, 0.15) is 0 Å². The first-order valence-corrected chi connectivity index (χ1v) is 22.8. The summed E-state index contributed by atoms with van der Waals surface area (Å²) in [5.74, 6) is -3.05. The number of likely N-dealkylation sites (tertiary alicyclic amines) is 2. The first kappa shape index (κ1) is 46.0. The Balaban J connectivity index is 1.10. The van der Waals surface area contributed by atoms with Crippen LogP contribution in [0.5, 0.6) is 0 Å². The Kier molecular flexibility index (Phi) is 15.2. The molecule has 2 amide bonds. The van der Waals surface area contributed by atoms with E-state index in [1.165, 1.54) is 0 Å². The molecule has 2 fully saturated rings. The van der Waals surface area contributed by atoms with Crippen LogP contribution in [0.1, 0.15) is 65.5 Å². The first-order valence-electron chi connectivity index (χ1n) is 22.8. The summed E-state index contributed by atoms with van der Waals surface area (Å²) in [7, 11) is 0. The summed E-state index contributed by atoms with van der Waals surface area (Å²) in [5.41, 5.74) is 5.79. The average molecular weight is 895 g/mol. The molecule has 2 aliphatic rings. The number of carbonyl (C=O) groups excluding carboxylic acids is 2. The van der Waals surface area contributed by atoms with Crippen molar-refractivity contribution >= 4 is 46.6 Å². The molecule has 340 valence electrons. The minimum atomic E-state index is -1.58. The minimum absolute atomic E-state index is 0.180. The van der Waals surface area contributed by atoms with E-state index in [1.807, 2.05) is 97.1 Å². The molecule has 2 saturated heterocycles. The highest BCUT2D eigenvalue weighted by Crippen LogP contribution is 2.28. The van der Waals surface area contributed by atoms with Crippen LogP contribution in [0.15, 0.2) is 180 Å². The van der Waals surface area contributed by atoms with Gasteiger partial charge in [-0.2, -0.15) is 0 Å². The molecule has 0 aliphatic carbocycles. The van der Waals surface area contributed by atoms with Crippen molar-refractivity contribution in [3.8, 4) is 0 Å². The van der Waals surface area contributed by atoms with Crippen molar-refractivity contribution in [1.82, 2.24) is 9.80 Å². The summed E-state index contributed by atoms with van der Waals surface area (Å²) in [6.45, 7) is 2.82. The Labute approximate surface area is 390 Å². The van der Waals surface area contributed by atoms with Crippen LogP contribution in [0, 0.1) is 0 Å². The van der Waals surface area contributed by atoms with Crippen molar-refractivity contribution in [3.63, 3.8) is 0 Å². The average Bonchev–Trinajstić information content (AvgIpc) is 4.03. The van der Waals surface area contributed by atoms with E-state index in [-0.39, 0.29) is 35.3 Å². The number of aliphatic carboxylic acids is 2. The molecule has 6 aromatic carbocycles. The molecule has 6 aromatic rings. The topological polar surface area (TPSA) is 164 Å². The number of aliphatic imine (C=N–C) groups is 2. The van der Waals surface area contributed by atoms with Crippen molar-refractivity contribution in [2.24, 2.45) is 9.98 Å². The van der Waals surface area contributed by atoms with Crippen LogP contribution in [-0.4, -0.2) is 92.4 Å². The van der Waals surface area contributed by atoms with E-state index in [4.69, 9.17) is 9.98 Å². The maximum absolute atomic E-state index is 14.1. The van der Waals surface area contributed by atoms with Crippen LogP contribution in [0.3, 0.4) is 0 Å². The molecule has 0 spiro atoms. The lowest BCUT2D eigenvalue weighted by molar-refractivity contribution is -0.140. The van der Waals surface area contributed by atoms with Crippen LogP contribution < -0.4 is 10.6 Å². The van der Waals surface area contributed by atoms with Gasteiger partial charge in [0.25, 0.3) is 0 Å². The molecule has 2 heterocycles. The summed E-state index contributed by atoms with van der Waals surface area (Å²) >= 11 is 0. The van der Waals surface area contributed by atoms with Crippen molar-refractivity contribution in [1.29, 1.82) is 0 Å². The highest BCUT2D eigenvalue weighted by atomic mass is 16.4. The number of nitrogens with zero attached hydrogens (tertiary/aromatic N) is 4. The normalized spacial score (nSPS) is 17.7. The van der Waals surface area contributed by atoms with Gasteiger partial charge in [-0.3, -0.25) is 29.4 Å². The smallest absolute Gasteiger partial charge is 0.328 e. The zero-order valence-corrected chi connectivity index (χ0v) is 37.2. The van der Waals surface area contributed by atoms with Gasteiger partial charge in [-0.05, 0) is 62.0 Å². The third kappa shape index (κ3) is 11.7. The third-order valence-electron chi connectivity index (χ3n) is 12.4. The molecule has 12 heteroatoms. The fraction of sp³-hybridized carbons (Fsp3) is 0.236. The number of hydrogen-bond acceptors (Lipinski definition) is 8. The predicted molar refractivity (Wildman–Crippen MR) is 262 cm³/mol. The molecular weight excluding hydrogens is 841 g/mol. The first-order chi connectivity index (χ1) is 32.7. The molecule has 4 atom stereocenters. The Morgan fingerprint density at radius 1 is 0.493 bits per heavy atom. The van der Waals surface area contributed by atoms with Crippen molar-refractivity contribution < 1.29 is 29.4 Å². The number of nitrogens with one attached hydrogen (secondary N) is 2. The van der Waals surface area contributed by atoms with Crippen LogP contribution in [-0.2, 0) is 32.3 Å². The van der Waals surface area contributed by atoms with Crippen LogP contribution >= 0.6 is 0 Å².